The minimum absolute atomic E-state index is 0.260. The Bertz CT molecular complexity index is 685. The Balaban J connectivity index is 1.62. The van der Waals surface area contributed by atoms with E-state index in [1.54, 1.807) is 6.08 Å². The van der Waals surface area contributed by atoms with E-state index in [9.17, 15) is 35.7 Å². The second-order valence-electron chi connectivity index (χ2n) is 7.45. The van der Waals surface area contributed by atoms with Gasteiger partial charge in [0.1, 0.15) is 54.9 Å². The van der Waals surface area contributed by atoms with Crippen LogP contribution in [0.5, 0.6) is 0 Å². The largest absolute Gasteiger partial charge is 0.388 e. The topological polar surface area (TPSA) is 169 Å². The van der Waals surface area contributed by atoms with Gasteiger partial charge in [0.2, 0.25) is 0 Å². The maximum absolute atomic E-state index is 10.4. The summed E-state index contributed by atoms with van der Waals surface area (Å²) in [5.74, 6) is 0. The van der Waals surface area contributed by atoms with Crippen LogP contribution in [0.1, 0.15) is 5.56 Å². The molecule has 10 nitrogen and oxygen atoms in total. The van der Waals surface area contributed by atoms with E-state index in [0.717, 1.165) is 5.56 Å². The van der Waals surface area contributed by atoms with Crippen LogP contribution in [0.4, 0.5) is 0 Å². The minimum Gasteiger partial charge on any atom is -0.388 e. The van der Waals surface area contributed by atoms with Gasteiger partial charge in [0.05, 0.1) is 13.2 Å². The van der Waals surface area contributed by atoms with Crippen LogP contribution in [0.15, 0.2) is 36.4 Å². The van der Waals surface area contributed by atoms with Gasteiger partial charge in [0.25, 0.3) is 0 Å². The van der Waals surface area contributed by atoms with Crippen molar-refractivity contribution in [1.29, 1.82) is 0 Å². The SMILES string of the molecule is OC(C=Cc1ccccc1)[C@@H]1O[C@H](CO[C@@H]2OC[C@@H](O)[C@@H](O)[C@@H]2O)[C@@H](O)[C@H](O)[C@H]1O. The van der Waals surface area contributed by atoms with Crippen molar-refractivity contribution in [2.24, 2.45) is 0 Å². The second-order valence-corrected chi connectivity index (χ2v) is 7.45. The second kappa shape index (κ2) is 10.2. The number of aliphatic hydroxyl groups is 7. The number of ether oxygens (including phenoxy) is 3. The van der Waals surface area contributed by atoms with Crippen molar-refractivity contribution < 1.29 is 50.0 Å². The molecule has 0 aliphatic carbocycles. The molecule has 10 atom stereocenters. The van der Waals surface area contributed by atoms with E-state index in [2.05, 4.69) is 0 Å². The zero-order valence-electron chi connectivity index (χ0n) is 16.1. The van der Waals surface area contributed by atoms with Gasteiger partial charge in [-0.15, -0.1) is 0 Å². The zero-order valence-corrected chi connectivity index (χ0v) is 16.1. The molecule has 3 rings (SSSR count). The zero-order chi connectivity index (χ0) is 21.8. The monoisotopic (exact) mass is 428 g/mol. The summed E-state index contributed by atoms with van der Waals surface area (Å²) in [4.78, 5) is 0. The van der Waals surface area contributed by atoms with Gasteiger partial charge in [-0.05, 0) is 5.56 Å². The Labute approximate surface area is 173 Å². The number of hydrogen-bond donors (Lipinski definition) is 7. The molecule has 0 aromatic heterocycles. The van der Waals surface area contributed by atoms with Crippen LogP contribution in [0.2, 0.25) is 0 Å². The molecule has 0 spiro atoms. The number of hydrogen-bond acceptors (Lipinski definition) is 10. The Kier molecular flexibility index (Phi) is 7.93. The average Bonchev–Trinajstić information content (AvgIpc) is 2.75. The number of rotatable bonds is 6. The van der Waals surface area contributed by atoms with E-state index < -0.39 is 61.2 Å². The van der Waals surface area contributed by atoms with E-state index in [-0.39, 0.29) is 13.2 Å². The van der Waals surface area contributed by atoms with Crippen molar-refractivity contribution in [3.8, 4) is 0 Å². The Morgan fingerprint density at radius 3 is 2.33 bits per heavy atom. The molecule has 2 heterocycles. The fourth-order valence-corrected chi connectivity index (χ4v) is 3.40. The number of benzene rings is 1. The summed E-state index contributed by atoms with van der Waals surface area (Å²) in [6.07, 6.45) is -10.9. The highest BCUT2D eigenvalue weighted by Gasteiger charge is 2.47. The van der Waals surface area contributed by atoms with Crippen molar-refractivity contribution in [3.05, 3.63) is 42.0 Å². The Morgan fingerprint density at radius 2 is 1.63 bits per heavy atom. The van der Waals surface area contributed by atoms with Crippen LogP contribution in [-0.2, 0) is 14.2 Å². The third-order valence-corrected chi connectivity index (χ3v) is 5.25. The van der Waals surface area contributed by atoms with E-state index in [4.69, 9.17) is 14.2 Å². The van der Waals surface area contributed by atoms with Crippen LogP contribution in [0, 0.1) is 0 Å². The highest BCUT2D eigenvalue weighted by molar-refractivity contribution is 5.49. The van der Waals surface area contributed by atoms with Gasteiger partial charge in [0.15, 0.2) is 6.29 Å². The molecule has 2 fully saturated rings. The lowest BCUT2D eigenvalue weighted by atomic mass is 9.92. The summed E-state index contributed by atoms with van der Waals surface area (Å²) in [5, 5.41) is 70.1. The van der Waals surface area contributed by atoms with Crippen molar-refractivity contribution in [3.63, 3.8) is 0 Å². The van der Waals surface area contributed by atoms with Crippen LogP contribution in [0.3, 0.4) is 0 Å². The lowest BCUT2D eigenvalue weighted by molar-refractivity contribution is -0.294. The summed E-state index contributed by atoms with van der Waals surface area (Å²) in [6, 6.07) is 9.12. The van der Waals surface area contributed by atoms with Crippen LogP contribution in [0.25, 0.3) is 6.08 Å². The first-order chi connectivity index (χ1) is 14.3. The summed E-state index contributed by atoms with van der Waals surface area (Å²) in [7, 11) is 0. The lowest BCUT2D eigenvalue weighted by Gasteiger charge is -2.42. The molecule has 0 amide bonds. The van der Waals surface area contributed by atoms with Gasteiger partial charge in [0, 0.05) is 0 Å². The van der Waals surface area contributed by atoms with E-state index in [0.29, 0.717) is 0 Å². The third-order valence-electron chi connectivity index (χ3n) is 5.25. The molecular formula is C20H28O10. The van der Waals surface area contributed by atoms with Crippen molar-refractivity contribution in [2.45, 2.75) is 61.2 Å². The summed E-state index contributed by atoms with van der Waals surface area (Å²) in [6.45, 7) is -0.634. The molecule has 0 saturated carbocycles. The van der Waals surface area contributed by atoms with E-state index >= 15 is 0 Å². The fourth-order valence-electron chi connectivity index (χ4n) is 3.40. The smallest absolute Gasteiger partial charge is 0.186 e. The lowest BCUT2D eigenvalue weighted by Crippen LogP contribution is -2.62. The van der Waals surface area contributed by atoms with Gasteiger partial charge in [-0.3, -0.25) is 0 Å². The maximum Gasteiger partial charge on any atom is 0.186 e. The molecule has 1 unspecified atom stereocenters. The van der Waals surface area contributed by atoms with Gasteiger partial charge < -0.3 is 50.0 Å². The molecule has 1 aromatic carbocycles. The molecule has 168 valence electrons. The van der Waals surface area contributed by atoms with Crippen LogP contribution >= 0.6 is 0 Å². The van der Waals surface area contributed by atoms with Crippen molar-refractivity contribution >= 4 is 6.08 Å². The molecule has 30 heavy (non-hydrogen) atoms. The summed E-state index contributed by atoms with van der Waals surface area (Å²) >= 11 is 0. The predicted octanol–water partition coefficient (Wildman–Crippen LogP) is -2.63. The van der Waals surface area contributed by atoms with Gasteiger partial charge >= 0.3 is 0 Å². The standard InChI is InChI=1S/C20H28O10/c21-11(7-6-10-4-2-1-3-5-10)19-17(26)16(25)15(24)13(30-19)9-29-20-18(27)14(23)12(22)8-28-20/h1-7,11-27H,8-9H2/t11?,12-,13-,14-,15-,16+,17-,18+,19+,20+/m1/s1. The first-order valence-corrected chi connectivity index (χ1v) is 9.68. The van der Waals surface area contributed by atoms with E-state index in [1.165, 1.54) is 6.08 Å². The number of aliphatic hydroxyl groups excluding tert-OH is 7. The summed E-state index contributed by atoms with van der Waals surface area (Å²) < 4.78 is 16.0. The van der Waals surface area contributed by atoms with E-state index in [1.807, 2.05) is 30.3 Å². The molecule has 2 aliphatic rings. The fraction of sp³-hybridized carbons (Fsp3) is 0.600. The highest BCUT2D eigenvalue weighted by Crippen LogP contribution is 2.26. The van der Waals surface area contributed by atoms with Gasteiger partial charge in [-0.25, -0.2) is 0 Å². The first-order valence-electron chi connectivity index (χ1n) is 9.68. The predicted molar refractivity (Wildman–Crippen MR) is 102 cm³/mol. The quantitative estimate of drug-likeness (QED) is 0.254. The van der Waals surface area contributed by atoms with Gasteiger partial charge in [-0.1, -0.05) is 42.5 Å². The van der Waals surface area contributed by atoms with Crippen LogP contribution in [-0.4, -0.2) is 110 Å². The Morgan fingerprint density at radius 1 is 0.933 bits per heavy atom. The first kappa shape index (κ1) is 23.2. The van der Waals surface area contributed by atoms with Crippen molar-refractivity contribution in [1.82, 2.24) is 0 Å². The highest BCUT2D eigenvalue weighted by atomic mass is 16.7. The molecular weight excluding hydrogens is 400 g/mol. The molecule has 0 bridgehead atoms. The third kappa shape index (κ3) is 5.24. The van der Waals surface area contributed by atoms with Crippen molar-refractivity contribution in [2.75, 3.05) is 13.2 Å². The maximum atomic E-state index is 10.4. The minimum atomic E-state index is -1.61. The molecule has 10 heteroatoms. The molecule has 0 radical (unpaired) electrons. The summed E-state index contributed by atoms with van der Waals surface area (Å²) in [5.41, 5.74) is 0.812. The average molecular weight is 428 g/mol. The molecule has 2 aliphatic heterocycles. The van der Waals surface area contributed by atoms with Crippen LogP contribution < -0.4 is 0 Å². The van der Waals surface area contributed by atoms with Gasteiger partial charge in [-0.2, -0.15) is 0 Å². The molecule has 1 aromatic rings. The molecule has 7 N–H and O–H groups in total. The Hall–Kier alpha value is -1.44. The molecule has 2 saturated heterocycles. The normalized spacial score (nSPS) is 41.1.